The second-order valence-corrected chi connectivity index (χ2v) is 5.89. The smallest absolute Gasteiger partial charge is 0.0702 e. The van der Waals surface area contributed by atoms with Gasteiger partial charge in [0.2, 0.25) is 0 Å². The van der Waals surface area contributed by atoms with Gasteiger partial charge in [-0.2, -0.15) is 0 Å². The van der Waals surface area contributed by atoms with Gasteiger partial charge in [-0.15, -0.1) is 11.3 Å². The number of nitrogens with two attached hydrogens (primary N) is 1. The Kier molecular flexibility index (Phi) is 3.03. The third kappa shape index (κ3) is 2.13. The molecule has 0 spiro atoms. The summed E-state index contributed by atoms with van der Waals surface area (Å²) in [5, 5.41) is 1.97. The normalized spacial score (nSPS) is 24.9. The molecule has 2 nitrogen and oxygen atoms in total. The van der Waals surface area contributed by atoms with Crippen LogP contribution in [0.25, 0.3) is 0 Å². The van der Waals surface area contributed by atoms with Gasteiger partial charge in [0.25, 0.3) is 0 Å². The van der Waals surface area contributed by atoms with E-state index >= 15 is 0 Å². The molecule has 2 heterocycles. The van der Waals surface area contributed by atoms with E-state index in [4.69, 9.17) is 5.84 Å². The molecule has 2 N–H and O–H groups in total. The molecule has 13 heavy (non-hydrogen) atoms. The number of piperidine rings is 1. The third-order valence-electron chi connectivity index (χ3n) is 2.47. The zero-order chi connectivity index (χ0) is 9.26. The predicted octanol–water partition coefficient (Wildman–Crippen LogP) is 2.91. The zero-order valence-corrected chi connectivity index (χ0v) is 9.77. The lowest BCUT2D eigenvalue weighted by Crippen LogP contribution is -2.38. The average molecular weight is 261 g/mol. The van der Waals surface area contributed by atoms with Gasteiger partial charge in [-0.05, 0) is 40.9 Å². The second kappa shape index (κ2) is 4.09. The maximum absolute atomic E-state index is 5.94. The van der Waals surface area contributed by atoms with Crippen LogP contribution < -0.4 is 5.84 Å². The van der Waals surface area contributed by atoms with Crippen molar-refractivity contribution in [1.82, 2.24) is 5.01 Å². The Hall–Kier alpha value is 0.1000. The molecule has 0 bridgehead atoms. The number of hydrazine groups is 1. The number of rotatable bonds is 1. The van der Waals surface area contributed by atoms with Crippen LogP contribution >= 0.6 is 27.3 Å². The molecule has 0 aliphatic carbocycles. The molecule has 1 aliphatic rings. The Morgan fingerprint density at radius 1 is 1.46 bits per heavy atom. The predicted molar refractivity (Wildman–Crippen MR) is 59.5 cm³/mol. The van der Waals surface area contributed by atoms with Crippen LogP contribution in [0, 0.1) is 0 Å². The van der Waals surface area contributed by atoms with Gasteiger partial charge >= 0.3 is 0 Å². The van der Waals surface area contributed by atoms with Crippen LogP contribution in [0.2, 0.25) is 0 Å². The molecule has 4 heteroatoms. The summed E-state index contributed by atoms with van der Waals surface area (Å²) < 4.78 is 1.20. The van der Waals surface area contributed by atoms with Gasteiger partial charge < -0.3 is 0 Å². The largest absolute Gasteiger partial charge is 0.268 e. The van der Waals surface area contributed by atoms with Crippen molar-refractivity contribution in [3.63, 3.8) is 0 Å². The molecule has 1 fully saturated rings. The summed E-state index contributed by atoms with van der Waals surface area (Å²) in [7, 11) is 0. The molecule has 0 radical (unpaired) electrons. The van der Waals surface area contributed by atoms with Crippen molar-refractivity contribution in [3.05, 3.63) is 20.8 Å². The Balaban J connectivity index is 2.14. The molecule has 1 unspecified atom stereocenters. The summed E-state index contributed by atoms with van der Waals surface area (Å²) in [5.74, 6) is 5.94. The summed E-state index contributed by atoms with van der Waals surface area (Å²) in [6, 6.07) is 4.72. The lowest BCUT2D eigenvalue weighted by atomic mass is 10.0. The van der Waals surface area contributed by atoms with Crippen molar-refractivity contribution in [2.24, 2.45) is 5.84 Å². The first-order valence-corrected chi connectivity index (χ1v) is 6.15. The third-order valence-corrected chi connectivity index (χ3v) is 4.19. The highest BCUT2D eigenvalue weighted by molar-refractivity contribution is 9.11. The van der Waals surface area contributed by atoms with E-state index in [2.05, 4.69) is 28.1 Å². The van der Waals surface area contributed by atoms with Crippen LogP contribution in [0.3, 0.4) is 0 Å². The monoisotopic (exact) mass is 260 g/mol. The fraction of sp³-hybridized carbons (Fsp3) is 0.556. The molecule has 72 valence electrons. The summed E-state index contributed by atoms with van der Waals surface area (Å²) in [4.78, 5) is 1.38. The highest BCUT2D eigenvalue weighted by Gasteiger charge is 2.22. The number of nitrogens with zero attached hydrogens (tertiary/aromatic N) is 1. The lowest BCUT2D eigenvalue weighted by Gasteiger charge is -2.30. The fourth-order valence-electron chi connectivity index (χ4n) is 1.77. The van der Waals surface area contributed by atoms with Gasteiger partial charge in [-0.25, -0.2) is 5.01 Å². The molecular weight excluding hydrogens is 248 g/mol. The van der Waals surface area contributed by atoms with Crippen molar-refractivity contribution in [2.45, 2.75) is 25.3 Å². The van der Waals surface area contributed by atoms with Gasteiger partial charge in [0.05, 0.1) is 9.83 Å². The van der Waals surface area contributed by atoms with E-state index in [1.807, 2.05) is 5.01 Å². The molecule has 2 rings (SSSR count). The summed E-state index contributed by atoms with van der Waals surface area (Å²) in [6.45, 7) is 1.03. The molecular formula is C9H13BrN2S. The molecule has 1 aromatic heterocycles. The van der Waals surface area contributed by atoms with Crippen LogP contribution in [0.5, 0.6) is 0 Å². The minimum Gasteiger partial charge on any atom is -0.268 e. The van der Waals surface area contributed by atoms with Crippen LogP contribution in [0.15, 0.2) is 15.9 Å². The van der Waals surface area contributed by atoms with E-state index in [0.29, 0.717) is 6.04 Å². The van der Waals surface area contributed by atoms with Crippen LogP contribution in [0.4, 0.5) is 0 Å². The van der Waals surface area contributed by atoms with Gasteiger partial charge in [-0.3, -0.25) is 5.84 Å². The Labute approximate surface area is 90.8 Å². The first kappa shape index (κ1) is 9.65. The number of hydrogen-bond donors (Lipinski definition) is 1. The van der Waals surface area contributed by atoms with Crippen molar-refractivity contribution in [2.75, 3.05) is 6.54 Å². The maximum Gasteiger partial charge on any atom is 0.0702 e. The first-order valence-electron chi connectivity index (χ1n) is 4.54. The first-order chi connectivity index (χ1) is 6.27. The van der Waals surface area contributed by atoms with E-state index in [1.54, 1.807) is 11.3 Å². The minimum absolute atomic E-state index is 0.449. The molecule has 1 atom stereocenters. The Bertz CT molecular complexity index is 287. The molecule has 0 amide bonds. The fourth-order valence-corrected chi connectivity index (χ4v) is 3.35. The Morgan fingerprint density at radius 2 is 2.31 bits per heavy atom. The topological polar surface area (TPSA) is 29.3 Å². The number of thiophene rings is 1. The van der Waals surface area contributed by atoms with Gasteiger partial charge in [-0.1, -0.05) is 6.42 Å². The minimum atomic E-state index is 0.449. The molecule has 1 aliphatic heterocycles. The van der Waals surface area contributed by atoms with E-state index < -0.39 is 0 Å². The van der Waals surface area contributed by atoms with Gasteiger partial charge in [0.1, 0.15) is 0 Å². The molecule has 1 saturated heterocycles. The standard InChI is InChI=1S/C9H13BrN2S/c10-9-5-4-8(13-9)7-3-1-2-6-12(7)11/h4-5,7H,1-3,6,11H2. The van der Waals surface area contributed by atoms with E-state index in [-0.39, 0.29) is 0 Å². The van der Waals surface area contributed by atoms with Crippen molar-refractivity contribution in [3.8, 4) is 0 Å². The highest BCUT2D eigenvalue weighted by Crippen LogP contribution is 2.34. The van der Waals surface area contributed by atoms with Crippen LogP contribution in [-0.4, -0.2) is 11.6 Å². The maximum atomic E-state index is 5.94. The summed E-state index contributed by atoms with van der Waals surface area (Å²) in [6.07, 6.45) is 3.73. The molecule has 0 aromatic carbocycles. The summed E-state index contributed by atoms with van der Waals surface area (Å²) >= 11 is 5.27. The van der Waals surface area contributed by atoms with E-state index in [0.717, 1.165) is 6.54 Å². The highest BCUT2D eigenvalue weighted by atomic mass is 79.9. The average Bonchev–Trinajstić information content (AvgIpc) is 2.53. The lowest BCUT2D eigenvalue weighted by molar-refractivity contribution is 0.154. The van der Waals surface area contributed by atoms with Crippen LogP contribution in [-0.2, 0) is 0 Å². The van der Waals surface area contributed by atoms with Gasteiger partial charge in [0, 0.05) is 11.4 Å². The van der Waals surface area contributed by atoms with E-state index in [9.17, 15) is 0 Å². The second-order valence-electron chi connectivity index (χ2n) is 3.39. The van der Waals surface area contributed by atoms with Crippen LogP contribution in [0.1, 0.15) is 30.2 Å². The quantitative estimate of drug-likeness (QED) is 0.787. The zero-order valence-electron chi connectivity index (χ0n) is 7.37. The number of hydrogen-bond acceptors (Lipinski definition) is 3. The SMILES string of the molecule is NN1CCCCC1c1ccc(Br)s1. The van der Waals surface area contributed by atoms with Crippen molar-refractivity contribution < 1.29 is 0 Å². The number of halogens is 1. The summed E-state index contributed by atoms with van der Waals surface area (Å²) in [5.41, 5.74) is 0. The van der Waals surface area contributed by atoms with E-state index in [1.165, 1.54) is 27.9 Å². The van der Waals surface area contributed by atoms with Gasteiger partial charge in [0.15, 0.2) is 0 Å². The van der Waals surface area contributed by atoms with Crippen molar-refractivity contribution >= 4 is 27.3 Å². The molecule has 1 aromatic rings. The Morgan fingerprint density at radius 3 is 2.92 bits per heavy atom. The van der Waals surface area contributed by atoms with Crippen molar-refractivity contribution in [1.29, 1.82) is 0 Å². The molecule has 0 saturated carbocycles.